The van der Waals surface area contributed by atoms with Crippen LogP contribution in [0.15, 0.2) is 36.5 Å². The zero-order valence-corrected chi connectivity index (χ0v) is 13.8. The molecule has 1 amide bonds. The van der Waals surface area contributed by atoms with Gasteiger partial charge in [0.05, 0.1) is 5.69 Å². The average molecular weight is 311 g/mol. The fourth-order valence-corrected chi connectivity index (χ4v) is 3.23. The number of aromatic nitrogens is 2. The number of rotatable bonds is 6. The van der Waals surface area contributed by atoms with E-state index >= 15 is 0 Å². The average Bonchev–Trinajstić information content (AvgIpc) is 2.97. The second-order valence-electron chi connectivity index (χ2n) is 6.37. The lowest BCUT2D eigenvalue weighted by Crippen LogP contribution is -2.38. The van der Waals surface area contributed by atoms with Crippen LogP contribution < -0.4 is 5.32 Å². The minimum atomic E-state index is 0.0487. The lowest BCUT2D eigenvalue weighted by molar-refractivity contribution is -0.122. The second kappa shape index (κ2) is 7.44. The summed E-state index contributed by atoms with van der Waals surface area (Å²) in [5.74, 6) is 0.0487. The second-order valence-corrected chi connectivity index (χ2v) is 6.37. The summed E-state index contributed by atoms with van der Waals surface area (Å²) in [6, 6.07) is 10.5. The van der Waals surface area contributed by atoms with Gasteiger partial charge < -0.3 is 5.32 Å². The van der Waals surface area contributed by atoms with Crippen molar-refractivity contribution >= 4 is 5.91 Å². The van der Waals surface area contributed by atoms with Crippen LogP contribution in [0.25, 0.3) is 0 Å². The van der Waals surface area contributed by atoms with Crippen molar-refractivity contribution in [3.8, 4) is 0 Å². The third kappa shape index (κ3) is 4.21. The smallest absolute Gasteiger partial charge is 0.241 e. The molecule has 2 aromatic rings. The molecule has 1 aromatic carbocycles. The number of fused-ring (bicyclic) bond motifs is 1. The van der Waals surface area contributed by atoms with Crippen LogP contribution in [0.5, 0.6) is 0 Å². The van der Waals surface area contributed by atoms with E-state index in [9.17, 15) is 4.79 Å². The van der Waals surface area contributed by atoms with Gasteiger partial charge in [-0.1, -0.05) is 37.3 Å². The minimum absolute atomic E-state index is 0.0487. The van der Waals surface area contributed by atoms with Crippen LogP contribution in [-0.2, 0) is 30.6 Å². The number of benzene rings is 1. The van der Waals surface area contributed by atoms with Gasteiger partial charge in [-0.25, -0.2) is 0 Å². The molecule has 4 heteroatoms. The summed E-state index contributed by atoms with van der Waals surface area (Å²) < 4.78 is 1.81. The van der Waals surface area contributed by atoms with Crippen molar-refractivity contribution < 1.29 is 4.79 Å². The van der Waals surface area contributed by atoms with Gasteiger partial charge in [0.1, 0.15) is 6.54 Å². The number of amides is 1. The predicted octanol–water partition coefficient (Wildman–Crippen LogP) is 2.90. The van der Waals surface area contributed by atoms with Crippen molar-refractivity contribution in [2.75, 3.05) is 0 Å². The van der Waals surface area contributed by atoms with Crippen molar-refractivity contribution in [1.29, 1.82) is 0 Å². The lowest BCUT2D eigenvalue weighted by atomic mass is 9.99. The molecule has 0 bridgehead atoms. The summed E-state index contributed by atoms with van der Waals surface area (Å²) in [6.07, 6.45) is 8.45. The van der Waals surface area contributed by atoms with Gasteiger partial charge in [0.25, 0.3) is 0 Å². The molecule has 1 unspecified atom stereocenters. The lowest BCUT2D eigenvalue weighted by Gasteiger charge is -2.17. The van der Waals surface area contributed by atoms with Crippen molar-refractivity contribution in [2.24, 2.45) is 0 Å². The molecule has 1 N–H and O–H groups in total. The summed E-state index contributed by atoms with van der Waals surface area (Å²) >= 11 is 0. The number of carbonyl (C=O) groups excluding carboxylic acids is 1. The van der Waals surface area contributed by atoms with Gasteiger partial charge >= 0.3 is 0 Å². The molecule has 1 aliphatic rings. The monoisotopic (exact) mass is 311 g/mol. The Bertz CT molecular complexity index is 624. The first kappa shape index (κ1) is 15.8. The van der Waals surface area contributed by atoms with Crippen LogP contribution in [0.1, 0.15) is 43.0 Å². The Balaban J connectivity index is 1.56. The van der Waals surface area contributed by atoms with Crippen molar-refractivity contribution in [1.82, 2.24) is 15.1 Å². The van der Waals surface area contributed by atoms with E-state index in [1.807, 2.05) is 24.4 Å². The maximum absolute atomic E-state index is 12.3. The standard InChI is InChI=1S/C19H25N3O/c1-2-17(12-15-8-4-3-5-9-15)20-19(23)14-22-13-16-10-6-7-11-18(16)21-22/h3-5,8-9,13,17H,2,6-7,10-12,14H2,1H3,(H,20,23). The van der Waals surface area contributed by atoms with E-state index in [-0.39, 0.29) is 11.9 Å². The Morgan fingerprint density at radius 1 is 1.26 bits per heavy atom. The molecular formula is C19H25N3O. The molecule has 3 rings (SSSR count). The molecule has 0 spiro atoms. The van der Waals surface area contributed by atoms with Gasteiger partial charge in [0, 0.05) is 12.2 Å². The summed E-state index contributed by atoms with van der Waals surface area (Å²) in [6.45, 7) is 2.43. The highest BCUT2D eigenvalue weighted by Crippen LogP contribution is 2.19. The van der Waals surface area contributed by atoms with Crippen LogP contribution in [0.2, 0.25) is 0 Å². The van der Waals surface area contributed by atoms with Crippen LogP contribution >= 0.6 is 0 Å². The third-order valence-corrected chi connectivity index (χ3v) is 4.52. The van der Waals surface area contributed by atoms with E-state index in [1.165, 1.54) is 29.7 Å². The zero-order valence-electron chi connectivity index (χ0n) is 13.8. The number of hydrogen-bond donors (Lipinski definition) is 1. The van der Waals surface area contributed by atoms with Crippen LogP contribution in [0.4, 0.5) is 0 Å². The molecule has 1 atom stereocenters. The van der Waals surface area contributed by atoms with E-state index in [1.54, 1.807) is 4.68 Å². The molecule has 23 heavy (non-hydrogen) atoms. The Labute approximate surface area is 137 Å². The van der Waals surface area contributed by atoms with Gasteiger partial charge in [-0.05, 0) is 49.7 Å². The number of carbonyl (C=O) groups is 1. The molecule has 122 valence electrons. The molecule has 0 radical (unpaired) electrons. The molecule has 1 heterocycles. The first-order chi connectivity index (χ1) is 11.2. The quantitative estimate of drug-likeness (QED) is 0.891. The molecule has 0 aliphatic heterocycles. The third-order valence-electron chi connectivity index (χ3n) is 4.52. The highest BCUT2D eigenvalue weighted by Gasteiger charge is 2.16. The van der Waals surface area contributed by atoms with E-state index < -0.39 is 0 Å². The van der Waals surface area contributed by atoms with Gasteiger partial charge in [0.15, 0.2) is 0 Å². The first-order valence-corrected chi connectivity index (χ1v) is 8.63. The highest BCUT2D eigenvalue weighted by molar-refractivity contribution is 5.76. The molecule has 0 fully saturated rings. The van der Waals surface area contributed by atoms with E-state index in [0.717, 1.165) is 25.7 Å². The maximum Gasteiger partial charge on any atom is 0.241 e. The van der Waals surface area contributed by atoms with Gasteiger partial charge in [-0.15, -0.1) is 0 Å². The highest BCUT2D eigenvalue weighted by atomic mass is 16.2. The summed E-state index contributed by atoms with van der Waals surface area (Å²) in [5.41, 5.74) is 3.76. The van der Waals surface area contributed by atoms with Crippen molar-refractivity contribution in [3.63, 3.8) is 0 Å². The molecular weight excluding hydrogens is 286 g/mol. The molecule has 1 aliphatic carbocycles. The van der Waals surface area contributed by atoms with Crippen molar-refractivity contribution in [2.45, 2.75) is 58.0 Å². The fourth-order valence-electron chi connectivity index (χ4n) is 3.23. The van der Waals surface area contributed by atoms with Gasteiger partial charge in [0.2, 0.25) is 5.91 Å². The summed E-state index contributed by atoms with van der Waals surface area (Å²) in [7, 11) is 0. The largest absolute Gasteiger partial charge is 0.351 e. The number of aryl methyl sites for hydroxylation is 2. The van der Waals surface area contributed by atoms with Crippen LogP contribution in [0.3, 0.4) is 0 Å². The number of nitrogens with zero attached hydrogens (tertiary/aromatic N) is 2. The normalized spacial score (nSPS) is 15.0. The SMILES string of the molecule is CCC(Cc1ccccc1)NC(=O)Cn1cc2c(n1)CCCC2. The van der Waals surface area contributed by atoms with Gasteiger partial charge in [-0.2, -0.15) is 5.10 Å². The minimum Gasteiger partial charge on any atom is -0.351 e. The molecule has 0 saturated carbocycles. The van der Waals surface area contributed by atoms with E-state index in [0.29, 0.717) is 6.54 Å². The Kier molecular flexibility index (Phi) is 5.11. The molecule has 0 saturated heterocycles. The Hall–Kier alpha value is -2.10. The zero-order chi connectivity index (χ0) is 16.1. The van der Waals surface area contributed by atoms with Crippen LogP contribution in [0, 0.1) is 0 Å². The number of nitrogens with one attached hydrogen (secondary N) is 1. The van der Waals surface area contributed by atoms with Gasteiger partial charge in [-0.3, -0.25) is 9.48 Å². The Morgan fingerprint density at radius 3 is 2.78 bits per heavy atom. The number of hydrogen-bond acceptors (Lipinski definition) is 2. The van der Waals surface area contributed by atoms with E-state index in [2.05, 4.69) is 29.5 Å². The topological polar surface area (TPSA) is 46.9 Å². The summed E-state index contributed by atoms with van der Waals surface area (Å²) in [5, 5.41) is 7.71. The summed E-state index contributed by atoms with van der Waals surface area (Å²) in [4.78, 5) is 12.3. The van der Waals surface area contributed by atoms with Crippen LogP contribution in [-0.4, -0.2) is 21.7 Å². The van der Waals surface area contributed by atoms with E-state index in [4.69, 9.17) is 0 Å². The fraction of sp³-hybridized carbons (Fsp3) is 0.474. The Morgan fingerprint density at radius 2 is 2.04 bits per heavy atom. The maximum atomic E-state index is 12.3. The molecule has 4 nitrogen and oxygen atoms in total. The van der Waals surface area contributed by atoms with Crippen molar-refractivity contribution in [3.05, 3.63) is 53.3 Å². The molecule has 1 aromatic heterocycles. The first-order valence-electron chi connectivity index (χ1n) is 8.63. The predicted molar refractivity (Wildman–Crippen MR) is 91.2 cm³/mol.